The van der Waals surface area contributed by atoms with Gasteiger partial charge in [0.2, 0.25) is 11.8 Å². The molecule has 3 N–H and O–H groups in total. The largest absolute Gasteiger partial charge is 0.352 e. The zero-order valence-electron chi connectivity index (χ0n) is 12.5. The molecule has 1 atom stereocenters. The quantitative estimate of drug-likeness (QED) is 0.861. The van der Waals surface area contributed by atoms with E-state index in [4.69, 9.17) is 5.73 Å². The number of nitrogens with two attached hydrogens (primary N) is 1. The number of carbonyl (C=O) groups excluding carboxylic acids is 2. The van der Waals surface area contributed by atoms with Crippen LogP contribution in [0.3, 0.4) is 0 Å². The Bertz CT molecular complexity index is 516. The minimum atomic E-state index is -0.0391. The van der Waals surface area contributed by atoms with Gasteiger partial charge in [-0.05, 0) is 24.0 Å². The second kappa shape index (κ2) is 7.22. The second-order valence-electron chi connectivity index (χ2n) is 5.53. The smallest absolute Gasteiger partial charge is 0.227 e. The molecule has 0 saturated carbocycles. The van der Waals surface area contributed by atoms with Crippen LogP contribution in [0.15, 0.2) is 24.3 Å². The molecular weight excluding hydrogens is 266 g/mol. The molecule has 0 aliphatic carbocycles. The van der Waals surface area contributed by atoms with Crippen LogP contribution in [0.4, 0.5) is 0 Å². The number of nitrogens with one attached hydrogen (secondary N) is 1. The van der Waals surface area contributed by atoms with E-state index in [-0.39, 0.29) is 17.9 Å². The minimum Gasteiger partial charge on any atom is -0.352 e. The predicted octanol–water partition coefficient (Wildman–Crippen LogP) is 0.815. The zero-order chi connectivity index (χ0) is 15.2. The third-order valence-corrected chi connectivity index (χ3v) is 3.86. The molecule has 21 heavy (non-hydrogen) atoms. The van der Waals surface area contributed by atoms with Crippen molar-refractivity contribution in [1.29, 1.82) is 0 Å². The van der Waals surface area contributed by atoms with E-state index in [9.17, 15) is 9.59 Å². The molecule has 1 aliphatic heterocycles. The average Bonchev–Trinajstić information content (AvgIpc) is 2.47. The van der Waals surface area contributed by atoms with Crippen molar-refractivity contribution in [2.75, 3.05) is 13.1 Å². The van der Waals surface area contributed by atoms with Crippen molar-refractivity contribution in [1.82, 2.24) is 10.2 Å². The van der Waals surface area contributed by atoms with Crippen molar-refractivity contribution in [2.45, 2.75) is 38.8 Å². The Morgan fingerprint density at radius 1 is 1.33 bits per heavy atom. The fourth-order valence-electron chi connectivity index (χ4n) is 2.81. The van der Waals surface area contributed by atoms with Gasteiger partial charge in [-0.25, -0.2) is 0 Å². The highest BCUT2D eigenvalue weighted by Gasteiger charge is 2.24. The van der Waals surface area contributed by atoms with Gasteiger partial charge in [0.05, 0.1) is 6.42 Å². The van der Waals surface area contributed by atoms with E-state index in [0.717, 1.165) is 30.5 Å². The Morgan fingerprint density at radius 3 is 2.71 bits per heavy atom. The molecule has 5 heteroatoms. The van der Waals surface area contributed by atoms with Crippen LogP contribution in [0.5, 0.6) is 0 Å². The molecule has 1 heterocycles. The lowest BCUT2D eigenvalue weighted by Gasteiger charge is -2.33. The lowest BCUT2D eigenvalue weighted by molar-refractivity contribution is -0.132. The summed E-state index contributed by atoms with van der Waals surface area (Å²) in [5.74, 6) is 0.0636. The molecule has 1 saturated heterocycles. The van der Waals surface area contributed by atoms with Crippen LogP contribution in [-0.2, 0) is 22.6 Å². The third kappa shape index (κ3) is 4.29. The minimum absolute atomic E-state index is 0.0391. The van der Waals surface area contributed by atoms with E-state index >= 15 is 0 Å². The summed E-state index contributed by atoms with van der Waals surface area (Å²) in [4.78, 5) is 25.4. The maximum absolute atomic E-state index is 12.4. The Morgan fingerprint density at radius 2 is 2.05 bits per heavy atom. The maximum atomic E-state index is 12.4. The predicted molar refractivity (Wildman–Crippen MR) is 81.5 cm³/mol. The molecule has 114 valence electrons. The van der Waals surface area contributed by atoms with Crippen LogP contribution < -0.4 is 11.1 Å². The molecule has 0 radical (unpaired) electrons. The van der Waals surface area contributed by atoms with Gasteiger partial charge in [0.15, 0.2) is 0 Å². The molecule has 1 aromatic carbocycles. The van der Waals surface area contributed by atoms with Crippen molar-refractivity contribution >= 4 is 11.8 Å². The Labute approximate surface area is 125 Å². The molecule has 5 nitrogen and oxygen atoms in total. The van der Waals surface area contributed by atoms with E-state index < -0.39 is 0 Å². The monoisotopic (exact) mass is 289 g/mol. The van der Waals surface area contributed by atoms with Crippen molar-refractivity contribution in [2.24, 2.45) is 5.73 Å². The van der Waals surface area contributed by atoms with Gasteiger partial charge in [-0.3, -0.25) is 9.59 Å². The van der Waals surface area contributed by atoms with Gasteiger partial charge in [-0.2, -0.15) is 0 Å². The second-order valence-corrected chi connectivity index (χ2v) is 5.53. The topological polar surface area (TPSA) is 75.4 Å². The third-order valence-electron chi connectivity index (χ3n) is 3.86. The lowest BCUT2D eigenvalue weighted by atomic mass is 10.0. The number of nitrogens with zero attached hydrogens (tertiary/aromatic N) is 1. The van der Waals surface area contributed by atoms with Crippen molar-refractivity contribution in [3.8, 4) is 0 Å². The zero-order valence-corrected chi connectivity index (χ0v) is 12.5. The molecule has 1 fully saturated rings. The van der Waals surface area contributed by atoms with Crippen LogP contribution in [-0.4, -0.2) is 35.8 Å². The summed E-state index contributed by atoms with van der Waals surface area (Å²) in [6.45, 7) is 3.32. The fraction of sp³-hybridized carbons (Fsp3) is 0.500. The molecule has 2 amide bonds. The van der Waals surface area contributed by atoms with Crippen LogP contribution in [0.1, 0.15) is 30.9 Å². The maximum Gasteiger partial charge on any atom is 0.227 e. The van der Waals surface area contributed by atoms with Gasteiger partial charge in [-0.15, -0.1) is 0 Å². The first-order chi connectivity index (χ1) is 10.1. The van der Waals surface area contributed by atoms with Crippen molar-refractivity contribution < 1.29 is 9.59 Å². The molecule has 0 aromatic heterocycles. The SMILES string of the molecule is CC(=O)NC1CCCN(C(=O)Cc2ccccc2CN)C1. The summed E-state index contributed by atoms with van der Waals surface area (Å²) in [7, 11) is 0. The molecular formula is C16H23N3O2. The van der Waals surface area contributed by atoms with Gasteiger partial charge in [0, 0.05) is 32.6 Å². The van der Waals surface area contributed by atoms with Gasteiger partial charge >= 0.3 is 0 Å². The number of piperidine rings is 1. The number of carbonyl (C=O) groups is 2. The lowest BCUT2D eigenvalue weighted by Crippen LogP contribution is -2.49. The average molecular weight is 289 g/mol. The number of benzene rings is 1. The van der Waals surface area contributed by atoms with Crippen LogP contribution in [0, 0.1) is 0 Å². The van der Waals surface area contributed by atoms with Crippen LogP contribution in [0.2, 0.25) is 0 Å². The molecule has 0 spiro atoms. The number of likely N-dealkylation sites (tertiary alicyclic amines) is 1. The summed E-state index contributed by atoms with van der Waals surface area (Å²) in [5, 5.41) is 2.90. The summed E-state index contributed by atoms with van der Waals surface area (Å²) < 4.78 is 0. The number of hydrogen-bond acceptors (Lipinski definition) is 3. The molecule has 1 aliphatic rings. The summed E-state index contributed by atoms with van der Waals surface area (Å²) in [6, 6.07) is 7.85. The summed E-state index contributed by atoms with van der Waals surface area (Å²) >= 11 is 0. The van der Waals surface area contributed by atoms with Crippen molar-refractivity contribution in [3.63, 3.8) is 0 Å². The molecule has 1 aromatic rings. The highest BCUT2D eigenvalue weighted by Crippen LogP contribution is 2.14. The van der Waals surface area contributed by atoms with E-state index in [1.165, 1.54) is 6.92 Å². The molecule has 2 rings (SSSR count). The highest BCUT2D eigenvalue weighted by molar-refractivity contribution is 5.79. The van der Waals surface area contributed by atoms with Gasteiger partial charge in [-0.1, -0.05) is 24.3 Å². The standard InChI is InChI=1S/C16H23N3O2/c1-12(20)18-15-7-4-8-19(11-15)16(21)9-13-5-2-3-6-14(13)10-17/h2-3,5-6,15H,4,7-11,17H2,1H3,(H,18,20). The Balaban J connectivity index is 1.98. The number of amides is 2. The molecule has 1 unspecified atom stereocenters. The van der Waals surface area contributed by atoms with Crippen LogP contribution in [0.25, 0.3) is 0 Å². The van der Waals surface area contributed by atoms with Gasteiger partial charge in [0.25, 0.3) is 0 Å². The number of hydrogen-bond donors (Lipinski definition) is 2. The van der Waals surface area contributed by atoms with Gasteiger partial charge in [0.1, 0.15) is 0 Å². The number of rotatable bonds is 4. The van der Waals surface area contributed by atoms with Crippen LogP contribution >= 0.6 is 0 Å². The Kier molecular flexibility index (Phi) is 5.33. The highest BCUT2D eigenvalue weighted by atomic mass is 16.2. The van der Waals surface area contributed by atoms with Gasteiger partial charge < -0.3 is 16.0 Å². The van der Waals surface area contributed by atoms with E-state index in [2.05, 4.69) is 5.32 Å². The van der Waals surface area contributed by atoms with Crippen molar-refractivity contribution in [3.05, 3.63) is 35.4 Å². The fourth-order valence-corrected chi connectivity index (χ4v) is 2.81. The summed E-state index contributed by atoms with van der Waals surface area (Å²) in [6.07, 6.45) is 2.23. The van der Waals surface area contributed by atoms with E-state index in [0.29, 0.717) is 19.5 Å². The van der Waals surface area contributed by atoms with E-state index in [1.807, 2.05) is 29.2 Å². The first kappa shape index (κ1) is 15.5. The normalized spacial score (nSPS) is 18.4. The first-order valence-corrected chi connectivity index (χ1v) is 7.42. The van der Waals surface area contributed by atoms with E-state index in [1.54, 1.807) is 0 Å². The Hall–Kier alpha value is -1.88. The summed E-state index contributed by atoms with van der Waals surface area (Å²) in [5.41, 5.74) is 7.72. The molecule has 0 bridgehead atoms. The first-order valence-electron chi connectivity index (χ1n) is 7.42.